The number of aliphatic hydroxyl groups excluding tert-OH is 1. The van der Waals surface area contributed by atoms with Crippen molar-refractivity contribution in [2.45, 2.75) is 24.9 Å². The molecule has 2 amide bonds. The van der Waals surface area contributed by atoms with Gasteiger partial charge in [0.1, 0.15) is 5.76 Å². The highest BCUT2D eigenvalue weighted by Gasteiger charge is 2.28. The predicted molar refractivity (Wildman–Crippen MR) is 75.3 cm³/mol. The molecule has 6 nitrogen and oxygen atoms in total. The Kier molecular flexibility index (Phi) is 5.03. The molecular formula is C14H23N3O3. The molecule has 1 aromatic heterocycles. The van der Waals surface area contributed by atoms with Crippen molar-refractivity contribution in [2.24, 2.45) is 0 Å². The first-order valence-electron chi connectivity index (χ1n) is 6.98. The van der Waals surface area contributed by atoms with Crippen LogP contribution in [0.3, 0.4) is 0 Å². The molecule has 0 aliphatic carbocycles. The summed E-state index contributed by atoms with van der Waals surface area (Å²) in [5.41, 5.74) is 0. The smallest absolute Gasteiger partial charge is 0.317 e. The molecule has 6 heteroatoms. The molecule has 0 aromatic carbocycles. The van der Waals surface area contributed by atoms with Gasteiger partial charge in [0.15, 0.2) is 0 Å². The van der Waals surface area contributed by atoms with Crippen LogP contribution in [0.1, 0.15) is 24.6 Å². The average molecular weight is 281 g/mol. The first-order valence-corrected chi connectivity index (χ1v) is 6.98. The van der Waals surface area contributed by atoms with E-state index >= 15 is 0 Å². The number of nitrogens with zero attached hydrogens (tertiary/aromatic N) is 2. The van der Waals surface area contributed by atoms with Crippen LogP contribution >= 0.6 is 0 Å². The summed E-state index contributed by atoms with van der Waals surface area (Å²) < 4.78 is 5.41. The lowest BCUT2D eigenvalue weighted by molar-refractivity contribution is 0.153. The van der Waals surface area contributed by atoms with Gasteiger partial charge in [-0.05, 0) is 39.1 Å². The number of hydrogen-bond donors (Lipinski definition) is 2. The fourth-order valence-corrected chi connectivity index (χ4v) is 2.60. The van der Waals surface area contributed by atoms with Crippen molar-refractivity contribution in [1.82, 2.24) is 15.1 Å². The Labute approximate surface area is 119 Å². The van der Waals surface area contributed by atoms with E-state index in [1.165, 1.54) is 0 Å². The van der Waals surface area contributed by atoms with Gasteiger partial charge in [-0.3, -0.25) is 4.90 Å². The van der Waals surface area contributed by atoms with E-state index in [-0.39, 0.29) is 24.7 Å². The van der Waals surface area contributed by atoms with Crippen LogP contribution in [0.4, 0.5) is 4.79 Å². The summed E-state index contributed by atoms with van der Waals surface area (Å²) in [6.45, 7) is 1.22. The molecule has 1 aliphatic rings. The maximum absolute atomic E-state index is 12.2. The second-order valence-electron chi connectivity index (χ2n) is 5.35. The highest BCUT2D eigenvalue weighted by atomic mass is 16.3. The molecule has 0 radical (unpaired) electrons. The number of carbonyl (C=O) groups is 1. The lowest BCUT2D eigenvalue weighted by atomic mass is 10.2. The van der Waals surface area contributed by atoms with Crippen LogP contribution in [0, 0.1) is 0 Å². The highest BCUT2D eigenvalue weighted by molar-refractivity contribution is 5.74. The summed E-state index contributed by atoms with van der Waals surface area (Å²) in [5.74, 6) is 0.829. The van der Waals surface area contributed by atoms with Crippen LogP contribution in [0.15, 0.2) is 22.8 Å². The van der Waals surface area contributed by atoms with Crippen LogP contribution < -0.4 is 5.32 Å². The lowest BCUT2D eigenvalue weighted by Gasteiger charge is -2.27. The van der Waals surface area contributed by atoms with Gasteiger partial charge in [-0.25, -0.2) is 4.79 Å². The van der Waals surface area contributed by atoms with E-state index in [4.69, 9.17) is 4.42 Å². The predicted octanol–water partition coefficient (Wildman–Crippen LogP) is 1.05. The molecule has 0 bridgehead atoms. The fourth-order valence-electron chi connectivity index (χ4n) is 2.60. The van der Waals surface area contributed by atoms with Gasteiger partial charge in [-0.15, -0.1) is 0 Å². The van der Waals surface area contributed by atoms with Crippen molar-refractivity contribution >= 4 is 6.03 Å². The Hall–Kier alpha value is -1.53. The van der Waals surface area contributed by atoms with E-state index in [1.807, 2.05) is 31.1 Å². The number of rotatable bonds is 5. The van der Waals surface area contributed by atoms with E-state index in [2.05, 4.69) is 5.32 Å². The van der Waals surface area contributed by atoms with E-state index in [1.54, 1.807) is 11.2 Å². The molecule has 2 heterocycles. The monoisotopic (exact) mass is 281 g/mol. The van der Waals surface area contributed by atoms with Crippen LogP contribution in [0.2, 0.25) is 0 Å². The van der Waals surface area contributed by atoms with E-state index in [9.17, 15) is 9.90 Å². The summed E-state index contributed by atoms with van der Waals surface area (Å²) in [7, 11) is 3.90. The molecule has 2 rings (SSSR count). The second kappa shape index (κ2) is 6.76. The van der Waals surface area contributed by atoms with Crippen molar-refractivity contribution in [3.8, 4) is 0 Å². The van der Waals surface area contributed by atoms with Gasteiger partial charge in [-0.1, -0.05) is 0 Å². The van der Waals surface area contributed by atoms with Gasteiger partial charge in [0.2, 0.25) is 0 Å². The van der Waals surface area contributed by atoms with Crippen molar-refractivity contribution in [3.63, 3.8) is 0 Å². The number of likely N-dealkylation sites (tertiary alicyclic amines) is 1. The summed E-state index contributed by atoms with van der Waals surface area (Å²) in [5, 5.41) is 12.2. The summed E-state index contributed by atoms with van der Waals surface area (Å²) in [4.78, 5) is 15.9. The number of amides is 2. The molecule has 2 atom stereocenters. The number of aliphatic hydroxyl groups is 1. The zero-order valence-corrected chi connectivity index (χ0v) is 12.1. The standard InChI is InChI=1S/C14H23N3O3/c1-16(2)12(13-6-4-8-20-13)9-15-14(19)17-7-3-5-11(17)10-18/h4,6,8,11-12,18H,3,5,7,9-10H2,1-2H3,(H,15,19)/t11-,12?/m0/s1. The third kappa shape index (κ3) is 3.32. The zero-order chi connectivity index (χ0) is 14.5. The van der Waals surface area contributed by atoms with E-state index in [0.29, 0.717) is 13.1 Å². The number of carbonyl (C=O) groups excluding carboxylic acids is 1. The Balaban J connectivity index is 1.91. The van der Waals surface area contributed by atoms with Crippen LogP contribution in [0.25, 0.3) is 0 Å². The molecular weight excluding hydrogens is 258 g/mol. The van der Waals surface area contributed by atoms with Gasteiger partial charge in [0.25, 0.3) is 0 Å². The minimum absolute atomic E-state index is 0.00382. The molecule has 1 fully saturated rings. The Morgan fingerprint density at radius 3 is 3.05 bits per heavy atom. The summed E-state index contributed by atoms with van der Waals surface area (Å²) in [6, 6.07) is 3.60. The van der Waals surface area contributed by atoms with Crippen molar-refractivity contribution in [1.29, 1.82) is 0 Å². The Morgan fingerprint density at radius 2 is 2.45 bits per heavy atom. The van der Waals surface area contributed by atoms with Crippen molar-refractivity contribution in [2.75, 3.05) is 33.8 Å². The van der Waals surface area contributed by atoms with E-state index in [0.717, 1.165) is 18.6 Å². The van der Waals surface area contributed by atoms with Crippen molar-refractivity contribution in [3.05, 3.63) is 24.2 Å². The zero-order valence-electron chi connectivity index (χ0n) is 12.1. The summed E-state index contributed by atoms with van der Waals surface area (Å²) in [6.07, 6.45) is 3.46. The first-order chi connectivity index (χ1) is 9.63. The second-order valence-corrected chi connectivity index (χ2v) is 5.35. The SMILES string of the molecule is CN(C)C(CNC(=O)N1CCC[C@H]1CO)c1ccco1. The molecule has 20 heavy (non-hydrogen) atoms. The van der Waals surface area contributed by atoms with Gasteiger partial charge >= 0.3 is 6.03 Å². The molecule has 1 aromatic rings. The van der Waals surface area contributed by atoms with E-state index < -0.39 is 0 Å². The number of urea groups is 1. The van der Waals surface area contributed by atoms with Crippen LogP contribution in [0.5, 0.6) is 0 Å². The van der Waals surface area contributed by atoms with Gasteiger partial charge in [-0.2, -0.15) is 0 Å². The lowest BCUT2D eigenvalue weighted by Crippen LogP contribution is -2.46. The Bertz CT molecular complexity index is 419. The normalized spacial score (nSPS) is 20.4. The maximum Gasteiger partial charge on any atom is 0.317 e. The minimum Gasteiger partial charge on any atom is -0.468 e. The van der Waals surface area contributed by atoms with Gasteiger partial charge in [0.05, 0.1) is 25.0 Å². The molecule has 112 valence electrons. The van der Waals surface area contributed by atoms with Gasteiger partial charge < -0.3 is 19.7 Å². The topological polar surface area (TPSA) is 69.0 Å². The third-order valence-corrected chi connectivity index (χ3v) is 3.79. The first kappa shape index (κ1) is 14.9. The van der Waals surface area contributed by atoms with Gasteiger partial charge in [0, 0.05) is 13.1 Å². The highest BCUT2D eigenvalue weighted by Crippen LogP contribution is 2.19. The molecule has 0 spiro atoms. The number of hydrogen-bond acceptors (Lipinski definition) is 4. The molecule has 1 unspecified atom stereocenters. The average Bonchev–Trinajstić information content (AvgIpc) is 3.09. The quantitative estimate of drug-likeness (QED) is 0.846. The minimum atomic E-state index is -0.111. The number of likely N-dealkylation sites (N-methyl/N-ethyl adjacent to an activating group) is 1. The summed E-state index contributed by atoms with van der Waals surface area (Å²) >= 11 is 0. The Morgan fingerprint density at radius 1 is 1.65 bits per heavy atom. The number of furan rings is 1. The third-order valence-electron chi connectivity index (χ3n) is 3.79. The molecule has 1 aliphatic heterocycles. The van der Waals surface area contributed by atoms with Crippen molar-refractivity contribution < 1.29 is 14.3 Å². The number of nitrogens with one attached hydrogen (secondary N) is 1. The fraction of sp³-hybridized carbons (Fsp3) is 0.643. The van der Waals surface area contributed by atoms with Crippen LogP contribution in [-0.2, 0) is 0 Å². The molecule has 2 N–H and O–H groups in total. The van der Waals surface area contributed by atoms with Crippen LogP contribution in [-0.4, -0.2) is 60.8 Å². The maximum atomic E-state index is 12.2. The molecule has 1 saturated heterocycles. The largest absolute Gasteiger partial charge is 0.468 e. The molecule has 0 saturated carbocycles.